The van der Waals surface area contributed by atoms with E-state index in [9.17, 15) is 14.4 Å². The van der Waals surface area contributed by atoms with Crippen LogP contribution in [0.2, 0.25) is 10.0 Å². The Labute approximate surface area is 165 Å². The van der Waals surface area contributed by atoms with Gasteiger partial charge in [0, 0.05) is 5.69 Å². The third-order valence-electron chi connectivity index (χ3n) is 3.96. The average molecular weight is 404 g/mol. The van der Waals surface area contributed by atoms with Crippen molar-refractivity contribution in [3.8, 4) is 0 Å². The van der Waals surface area contributed by atoms with Crippen LogP contribution in [-0.2, 0) is 9.59 Å². The number of hydrogen-bond donors (Lipinski definition) is 2. The second-order valence-corrected chi connectivity index (χ2v) is 6.67. The van der Waals surface area contributed by atoms with Gasteiger partial charge in [-0.15, -0.1) is 0 Å². The first kappa shape index (κ1) is 18.9. The van der Waals surface area contributed by atoms with Gasteiger partial charge in [-0.25, -0.2) is 9.69 Å². The highest BCUT2D eigenvalue weighted by atomic mass is 35.5. The number of rotatable bonds is 4. The van der Waals surface area contributed by atoms with Crippen LogP contribution in [0.1, 0.15) is 11.1 Å². The number of halogens is 2. The second-order valence-electron chi connectivity index (χ2n) is 5.89. The van der Waals surface area contributed by atoms with Crippen LogP contribution in [0.15, 0.2) is 48.2 Å². The molecule has 0 atom stereocenters. The molecule has 2 N–H and O–H groups in total. The fraction of sp³-hybridized carbons (Fsp3) is 0.105. The highest BCUT2D eigenvalue weighted by molar-refractivity contribution is 6.43. The quantitative estimate of drug-likeness (QED) is 0.601. The van der Waals surface area contributed by atoms with E-state index in [4.69, 9.17) is 23.2 Å². The standard InChI is InChI=1S/C19H15Cl2N3O3/c1-11-5-2-3-8-14(11)22-16(25)10-24-18(26)15(23-19(24)27)9-12-6-4-7-13(20)17(12)21/h2-9H,10H2,1H3,(H,22,25)(H,23,27)/b15-9-. The van der Waals surface area contributed by atoms with Crippen LogP contribution in [0.3, 0.4) is 0 Å². The largest absolute Gasteiger partial charge is 0.329 e. The van der Waals surface area contributed by atoms with Gasteiger partial charge in [-0.3, -0.25) is 9.59 Å². The van der Waals surface area contributed by atoms with Crippen molar-refractivity contribution in [3.63, 3.8) is 0 Å². The molecule has 0 spiro atoms. The van der Waals surface area contributed by atoms with Crippen LogP contribution in [0.25, 0.3) is 6.08 Å². The molecule has 1 aliphatic rings. The molecule has 1 aliphatic heterocycles. The Morgan fingerprint density at radius 2 is 1.89 bits per heavy atom. The minimum atomic E-state index is -0.677. The lowest BCUT2D eigenvalue weighted by molar-refractivity contribution is -0.127. The van der Waals surface area contributed by atoms with Crippen molar-refractivity contribution < 1.29 is 14.4 Å². The SMILES string of the molecule is Cc1ccccc1NC(=O)CN1C(=O)N/C(=C\c2cccc(Cl)c2Cl)C1=O. The zero-order valence-electron chi connectivity index (χ0n) is 14.3. The highest BCUT2D eigenvalue weighted by Gasteiger charge is 2.35. The molecule has 0 aromatic heterocycles. The Balaban J connectivity index is 1.74. The number of aryl methyl sites for hydroxylation is 1. The molecule has 8 heteroatoms. The summed E-state index contributed by atoms with van der Waals surface area (Å²) < 4.78 is 0. The van der Waals surface area contributed by atoms with E-state index >= 15 is 0 Å². The second kappa shape index (κ2) is 7.82. The van der Waals surface area contributed by atoms with Crippen molar-refractivity contribution in [1.29, 1.82) is 0 Å². The van der Waals surface area contributed by atoms with Gasteiger partial charge in [0.2, 0.25) is 5.91 Å². The van der Waals surface area contributed by atoms with E-state index in [1.807, 2.05) is 19.1 Å². The van der Waals surface area contributed by atoms with Gasteiger partial charge in [0.1, 0.15) is 12.2 Å². The molecule has 0 radical (unpaired) electrons. The summed E-state index contributed by atoms with van der Waals surface area (Å²) in [5, 5.41) is 5.73. The first-order chi connectivity index (χ1) is 12.9. The van der Waals surface area contributed by atoms with E-state index < -0.39 is 24.4 Å². The van der Waals surface area contributed by atoms with E-state index in [2.05, 4.69) is 10.6 Å². The molecule has 0 saturated carbocycles. The Hall–Kier alpha value is -2.83. The molecule has 2 aromatic carbocycles. The van der Waals surface area contributed by atoms with Crippen molar-refractivity contribution in [3.05, 3.63) is 69.3 Å². The molecule has 0 bridgehead atoms. The van der Waals surface area contributed by atoms with Gasteiger partial charge in [0.15, 0.2) is 0 Å². The molecule has 4 amide bonds. The lowest BCUT2D eigenvalue weighted by Crippen LogP contribution is -2.38. The molecule has 2 aromatic rings. The topological polar surface area (TPSA) is 78.5 Å². The normalized spacial score (nSPS) is 15.2. The van der Waals surface area contributed by atoms with Crippen molar-refractivity contribution in [2.45, 2.75) is 6.92 Å². The van der Waals surface area contributed by atoms with Crippen LogP contribution in [-0.4, -0.2) is 29.3 Å². The third kappa shape index (κ3) is 4.13. The van der Waals surface area contributed by atoms with Crippen molar-refractivity contribution >= 4 is 52.8 Å². The molecule has 27 heavy (non-hydrogen) atoms. The number of imide groups is 1. The maximum absolute atomic E-state index is 12.5. The summed E-state index contributed by atoms with van der Waals surface area (Å²) in [5.74, 6) is -1.09. The summed E-state index contributed by atoms with van der Waals surface area (Å²) in [7, 11) is 0. The van der Waals surface area contributed by atoms with Gasteiger partial charge in [-0.2, -0.15) is 0 Å². The Bertz CT molecular complexity index is 972. The molecular weight excluding hydrogens is 389 g/mol. The van der Waals surface area contributed by atoms with Gasteiger partial charge in [-0.1, -0.05) is 53.5 Å². The number of benzene rings is 2. The number of anilines is 1. The third-order valence-corrected chi connectivity index (χ3v) is 4.80. The van der Waals surface area contributed by atoms with Gasteiger partial charge in [0.05, 0.1) is 10.0 Å². The van der Waals surface area contributed by atoms with E-state index in [0.29, 0.717) is 16.3 Å². The van der Waals surface area contributed by atoms with Crippen LogP contribution in [0.4, 0.5) is 10.5 Å². The first-order valence-electron chi connectivity index (χ1n) is 8.01. The number of urea groups is 1. The number of para-hydroxylation sites is 1. The van der Waals surface area contributed by atoms with Crippen LogP contribution < -0.4 is 10.6 Å². The Kier molecular flexibility index (Phi) is 5.48. The molecular formula is C19H15Cl2N3O3. The van der Waals surface area contributed by atoms with E-state index in [1.165, 1.54) is 6.08 Å². The maximum atomic E-state index is 12.5. The minimum Gasteiger partial charge on any atom is -0.324 e. The fourth-order valence-corrected chi connectivity index (χ4v) is 2.91. The molecule has 1 saturated heterocycles. The highest BCUT2D eigenvalue weighted by Crippen LogP contribution is 2.27. The summed E-state index contributed by atoms with van der Waals surface area (Å²) >= 11 is 12.1. The molecule has 1 fully saturated rings. The van der Waals surface area contributed by atoms with E-state index in [1.54, 1.807) is 30.3 Å². The fourth-order valence-electron chi connectivity index (χ4n) is 2.55. The number of hydrogen-bond acceptors (Lipinski definition) is 3. The number of carbonyl (C=O) groups excluding carboxylic acids is 3. The monoisotopic (exact) mass is 403 g/mol. The van der Waals surface area contributed by atoms with Crippen LogP contribution in [0, 0.1) is 6.92 Å². The van der Waals surface area contributed by atoms with Crippen LogP contribution >= 0.6 is 23.2 Å². The first-order valence-corrected chi connectivity index (χ1v) is 8.76. The molecule has 138 valence electrons. The Morgan fingerprint density at radius 3 is 2.63 bits per heavy atom. The average Bonchev–Trinajstić information content (AvgIpc) is 2.88. The zero-order valence-corrected chi connectivity index (χ0v) is 15.8. The van der Waals surface area contributed by atoms with Crippen LogP contribution in [0.5, 0.6) is 0 Å². The van der Waals surface area contributed by atoms with Crippen molar-refractivity contribution in [2.75, 3.05) is 11.9 Å². The Morgan fingerprint density at radius 1 is 1.15 bits per heavy atom. The summed E-state index contributed by atoms with van der Waals surface area (Å²) in [4.78, 5) is 37.7. The number of nitrogens with zero attached hydrogens (tertiary/aromatic N) is 1. The van der Waals surface area contributed by atoms with Gasteiger partial charge in [-0.05, 0) is 36.3 Å². The predicted molar refractivity (Wildman–Crippen MR) is 104 cm³/mol. The van der Waals surface area contributed by atoms with Gasteiger partial charge in [0.25, 0.3) is 5.91 Å². The number of amides is 4. The summed E-state index contributed by atoms with van der Waals surface area (Å²) in [5.41, 5.74) is 2.00. The zero-order chi connectivity index (χ0) is 19.6. The lowest BCUT2D eigenvalue weighted by atomic mass is 10.2. The van der Waals surface area contributed by atoms with E-state index in [0.717, 1.165) is 10.5 Å². The van der Waals surface area contributed by atoms with Gasteiger partial charge >= 0.3 is 6.03 Å². The molecule has 0 unspecified atom stereocenters. The molecule has 3 rings (SSSR count). The predicted octanol–water partition coefficient (Wildman–Crippen LogP) is 3.83. The summed E-state index contributed by atoms with van der Waals surface area (Å²) in [6, 6.07) is 11.5. The minimum absolute atomic E-state index is 0.0212. The summed E-state index contributed by atoms with van der Waals surface area (Å²) in [6.45, 7) is 1.44. The molecule has 1 heterocycles. The summed E-state index contributed by atoms with van der Waals surface area (Å²) in [6.07, 6.45) is 1.42. The van der Waals surface area contributed by atoms with Gasteiger partial charge < -0.3 is 10.6 Å². The molecule has 6 nitrogen and oxygen atoms in total. The number of carbonyl (C=O) groups is 3. The maximum Gasteiger partial charge on any atom is 0.329 e. The van der Waals surface area contributed by atoms with Crippen molar-refractivity contribution in [2.24, 2.45) is 0 Å². The number of nitrogens with one attached hydrogen (secondary N) is 2. The lowest BCUT2D eigenvalue weighted by Gasteiger charge is -2.13. The molecule has 0 aliphatic carbocycles. The van der Waals surface area contributed by atoms with E-state index in [-0.39, 0.29) is 10.7 Å². The van der Waals surface area contributed by atoms with Crippen molar-refractivity contribution in [1.82, 2.24) is 10.2 Å². The smallest absolute Gasteiger partial charge is 0.324 e.